The molecular weight excluding hydrogens is 342 g/mol. The summed E-state index contributed by atoms with van der Waals surface area (Å²) < 4.78 is 5.93. The van der Waals surface area contributed by atoms with Crippen LogP contribution < -0.4 is 10.1 Å². The molecule has 0 aliphatic carbocycles. The molecule has 0 radical (unpaired) electrons. The third-order valence-electron chi connectivity index (χ3n) is 4.20. The number of amides is 1. The molecule has 2 aromatic carbocycles. The number of aryl methyl sites for hydroxylation is 3. The van der Waals surface area contributed by atoms with E-state index in [2.05, 4.69) is 49.5 Å². The molecule has 0 aliphatic heterocycles. The molecule has 1 atom stereocenters. The average Bonchev–Trinajstić information content (AvgIpc) is 2.62. The van der Waals surface area contributed by atoms with Gasteiger partial charge < -0.3 is 10.1 Å². The van der Waals surface area contributed by atoms with Crippen molar-refractivity contribution >= 4 is 17.7 Å². The summed E-state index contributed by atoms with van der Waals surface area (Å²) in [5, 5.41) is 3.00. The Kier molecular flexibility index (Phi) is 8.05. The number of hydrogen-bond acceptors (Lipinski definition) is 3. The first-order chi connectivity index (χ1) is 12.5. The molecule has 140 valence electrons. The summed E-state index contributed by atoms with van der Waals surface area (Å²) in [6.07, 6.45) is 0.203. The second kappa shape index (κ2) is 10.3. The third kappa shape index (κ3) is 6.41. The number of nitrogens with one attached hydrogen (secondary N) is 1. The lowest BCUT2D eigenvalue weighted by molar-refractivity contribution is -0.128. The number of thioether (sulfide) groups is 1. The fourth-order valence-corrected chi connectivity index (χ4v) is 3.46. The third-order valence-corrected chi connectivity index (χ3v) is 5.23. The summed E-state index contributed by atoms with van der Waals surface area (Å²) >= 11 is 1.83. The van der Waals surface area contributed by atoms with Gasteiger partial charge in [-0.15, -0.1) is 0 Å². The maximum atomic E-state index is 12.4. The Balaban J connectivity index is 1.73. The predicted octanol–water partition coefficient (Wildman–Crippen LogP) is 4.82. The van der Waals surface area contributed by atoms with E-state index in [4.69, 9.17) is 4.74 Å². The Morgan fingerprint density at radius 1 is 1.08 bits per heavy atom. The van der Waals surface area contributed by atoms with Gasteiger partial charge in [-0.1, -0.05) is 54.4 Å². The highest BCUT2D eigenvalue weighted by molar-refractivity contribution is 7.98. The van der Waals surface area contributed by atoms with Crippen molar-refractivity contribution < 1.29 is 9.53 Å². The van der Waals surface area contributed by atoms with Crippen molar-refractivity contribution in [3.8, 4) is 5.75 Å². The van der Waals surface area contributed by atoms with E-state index in [1.165, 1.54) is 16.7 Å². The van der Waals surface area contributed by atoms with Gasteiger partial charge in [-0.3, -0.25) is 4.79 Å². The molecule has 0 aromatic heterocycles. The number of hydrogen-bond donors (Lipinski definition) is 1. The van der Waals surface area contributed by atoms with E-state index in [9.17, 15) is 4.79 Å². The lowest BCUT2D eigenvalue weighted by atomic mass is 10.1. The normalized spacial score (nSPS) is 11.8. The quantitative estimate of drug-likeness (QED) is 0.642. The number of ether oxygens (including phenoxy) is 1. The van der Waals surface area contributed by atoms with E-state index in [-0.39, 0.29) is 5.91 Å². The van der Waals surface area contributed by atoms with Crippen LogP contribution in [0.25, 0.3) is 0 Å². The topological polar surface area (TPSA) is 38.3 Å². The molecule has 1 N–H and O–H groups in total. The lowest BCUT2D eigenvalue weighted by Crippen LogP contribution is -2.39. The van der Waals surface area contributed by atoms with Crippen molar-refractivity contribution in [3.05, 3.63) is 64.7 Å². The predicted molar refractivity (Wildman–Crippen MR) is 111 cm³/mol. The SMILES string of the molecule is CCC(Oc1ccc(C)cc1C)C(=O)NCCSCc1ccc(C)cc1. The minimum Gasteiger partial charge on any atom is -0.480 e. The minimum absolute atomic E-state index is 0.0385. The maximum Gasteiger partial charge on any atom is 0.261 e. The van der Waals surface area contributed by atoms with Crippen molar-refractivity contribution in [3.63, 3.8) is 0 Å². The van der Waals surface area contributed by atoms with Crippen molar-refractivity contribution in [1.82, 2.24) is 5.32 Å². The molecule has 2 rings (SSSR count). The zero-order chi connectivity index (χ0) is 18.9. The second-order valence-electron chi connectivity index (χ2n) is 6.61. The zero-order valence-corrected chi connectivity index (χ0v) is 17.0. The summed E-state index contributed by atoms with van der Waals surface area (Å²) in [7, 11) is 0. The Morgan fingerprint density at radius 2 is 1.77 bits per heavy atom. The lowest BCUT2D eigenvalue weighted by Gasteiger charge is -2.19. The molecule has 0 aliphatic rings. The molecule has 0 saturated heterocycles. The first-order valence-corrected chi connectivity index (χ1v) is 10.3. The first kappa shape index (κ1) is 20.4. The standard InChI is InChI=1S/C22H29NO2S/c1-5-20(25-21-11-8-17(3)14-18(21)4)22(24)23-12-13-26-15-19-9-6-16(2)7-10-19/h6-11,14,20H,5,12-13,15H2,1-4H3,(H,23,24). The Labute approximate surface area is 161 Å². The summed E-state index contributed by atoms with van der Waals surface area (Å²) in [4.78, 5) is 12.4. The van der Waals surface area contributed by atoms with Crippen molar-refractivity contribution in [2.75, 3.05) is 12.3 Å². The number of rotatable bonds is 9. The van der Waals surface area contributed by atoms with Gasteiger partial charge in [-0.05, 0) is 44.4 Å². The Bertz CT molecular complexity index is 713. The molecule has 0 saturated carbocycles. The summed E-state index contributed by atoms with van der Waals surface area (Å²) in [5.41, 5.74) is 4.85. The van der Waals surface area contributed by atoms with E-state index < -0.39 is 6.10 Å². The first-order valence-electron chi connectivity index (χ1n) is 9.14. The van der Waals surface area contributed by atoms with E-state index >= 15 is 0 Å². The van der Waals surface area contributed by atoms with Gasteiger partial charge in [-0.2, -0.15) is 11.8 Å². The Morgan fingerprint density at radius 3 is 2.42 bits per heavy atom. The summed E-state index contributed by atoms with van der Waals surface area (Å²) in [6.45, 7) is 8.78. The maximum absolute atomic E-state index is 12.4. The monoisotopic (exact) mass is 371 g/mol. The zero-order valence-electron chi connectivity index (χ0n) is 16.2. The van der Waals surface area contributed by atoms with Crippen molar-refractivity contribution in [2.45, 2.75) is 46.0 Å². The van der Waals surface area contributed by atoms with Gasteiger partial charge in [0.2, 0.25) is 0 Å². The summed E-state index contributed by atoms with van der Waals surface area (Å²) in [6, 6.07) is 14.6. The smallest absolute Gasteiger partial charge is 0.261 e. The van der Waals surface area contributed by atoms with Crippen LogP contribution in [0.4, 0.5) is 0 Å². The fourth-order valence-electron chi connectivity index (χ4n) is 2.64. The second-order valence-corrected chi connectivity index (χ2v) is 7.72. The van der Waals surface area contributed by atoms with E-state index in [1.807, 2.05) is 37.7 Å². The molecular formula is C22H29NO2S. The van der Waals surface area contributed by atoms with Gasteiger partial charge in [0, 0.05) is 18.1 Å². The molecule has 1 amide bonds. The molecule has 0 fully saturated rings. The molecule has 0 spiro atoms. The van der Waals surface area contributed by atoms with Gasteiger partial charge >= 0.3 is 0 Å². The highest BCUT2D eigenvalue weighted by atomic mass is 32.2. The highest BCUT2D eigenvalue weighted by Crippen LogP contribution is 2.21. The van der Waals surface area contributed by atoms with Crippen LogP contribution in [0.5, 0.6) is 5.75 Å². The van der Waals surface area contributed by atoms with Gasteiger partial charge in [0.25, 0.3) is 5.91 Å². The van der Waals surface area contributed by atoms with Gasteiger partial charge in [0.1, 0.15) is 5.75 Å². The number of benzene rings is 2. The molecule has 26 heavy (non-hydrogen) atoms. The van der Waals surface area contributed by atoms with Crippen molar-refractivity contribution in [1.29, 1.82) is 0 Å². The van der Waals surface area contributed by atoms with Crippen LogP contribution in [0.15, 0.2) is 42.5 Å². The van der Waals surface area contributed by atoms with Crippen molar-refractivity contribution in [2.24, 2.45) is 0 Å². The molecule has 2 aromatic rings. The average molecular weight is 372 g/mol. The van der Waals surface area contributed by atoms with Crippen LogP contribution in [0.3, 0.4) is 0 Å². The fraction of sp³-hybridized carbons (Fsp3) is 0.409. The Hall–Kier alpha value is -1.94. The van der Waals surface area contributed by atoms with E-state index in [1.54, 1.807) is 0 Å². The van der Waals surface area contributed by atoms with Gasteiger partial charge in [0.05, 0.1) is 0 Å². The summed E-state index contributed by atoms with van der Waals surface area (Å²) in [5.74, 6) is 2.60. The highest BCUT2D eigenvalue weighted by Gasteiger charge is 2.18. The van der Waals surface area contributed by atoms with Gasteiger partial charge in [0.15, 0.2) is 6.10 Å². The van der Waals surface area contributed by atoms with Crippen LogP contribution in [-0.4, -0.2) is 24.3 Å². The number of carbonyl (C=O) groups excluding carboxylic acids is 1. The van der Waals surface area contributed by atoms with Crippen LogP contribution in [0.2, 0.25) is 0 Å². The largest absolute Gasteiger partial charge is 0.480 e. The van der Waals surface area contributed by atoms with Gasteiger partial charge in [-0.25, -0.2) is 0 Å². The molecule has 3 nitrogen and oxygen atoms in total. The van der Waals surface area contributed by atoms with Crippen LogP contribution >= 0.6 is 11.8 Å². The molecule has 4 heteroatoms. The van der Waals surface area contributed by atoms with Crippen LogP contribution in [0, 0.1) is 20.8 Å². The molecule has 0 heterocycles. The van der Waals surface area contributed by atoms with Crippen LogP contribution in [0.1, 0.15) is 35.6 Å². The number of carbonyl (C=O) groups is 1. The van der Waals surface area contributed by atoms with E-state index in [0.29, 0.717) is 13.0 Å². The molecule has 0 bridgehead atoms. The van der Waals surface area contributed by atoms with Crippen LogP contribution in [-0.2, 0) is 10.5 Å². The molecule has 1 unspecified atom stereocenters. The van der Waals surface area contributed by atoms with E-state index in [0.717, 1.165) is 22.8 Å². The minimum atomic E-state index is -0.446.